The molecule has 0 aliphatic carbocycles. The summed E-state index contributed by atoms with van der Waals surface area (Å²) in [5, 5.41) is 2.65. The molecular weight excluding hydrogens is 415 g/mol. The van der Waals surface area contributed by atoms with E-state index in [-0.39, 0.29) is 17.1 Å². The van der Waals surface area contributed by atoms with E-state index in [1.165, 1.54) is 17.8 Å². The fourth-order valence-corrected chi connectivity index (χ4v) is 4.50. The molecule has 30 heavy (non-hydrogen) atoms. The molecule has 4 rings (SSSR count). The first-order valence-corrected chi connectivity index (χ1v) is 10.4. The third kappa shape index (κ3) is 4.12. The molecule has 2 aromatic carbocycles. The number of nitrogens with one attached hydrogen (secondary N) is 1. The Morgan fingerprint density at radius 2 is 1.83 bits per heavy atom. The second-order valence-electron chi connectivity index (χ2n) is 7.29. The number of hydrogen-bond acceptors (Lipinski definition) is 4. The second-order valence-corrected chi connectivity index (χ2v) is 8.67. The molecule has 2 amide bonds. The molecule has 5 nitrogen and oxygen atoms in total. The number of piperazine rings is 1. The quantitative estimate of drug-likeness (QED) is 0.772. The summed E-state index contributed by atoms with van der Waals surface area (Å²) in [6, 6.07) is 10.5. The Hall–Kier alpha value is -2.68. The molecule has 0 radical (unpaired) electrons. The highest BCUT2D eigenvalue weighted by Gasteiger charge is 2.31. The molecular formula is C21H20F3N3O2S. The van der Waals surface area contributed by atoms with E-state index in [9.17, 15) is 22.8 Å². The van der Waals surface area contributed by atoms with Gasteiger partial charge in [-0.1, -0.05) is 6.07 Å². The minimum atomic E-state index is -4.38. The number of hydrogen-bond donors (Lipinski definition) is 1. The SMILES string of the molecule is C[C@H]1Sc2ccc(C(=O)N3CCN(c4cccc(C(F)(F)F)c4)CC3)cc2NC1=O. The van der Waals surface area contributed by atoms with Crippen molar-refractivity contribution >= 4 is 35.0 Å². The van der Waals surface area contributed by atoms with Crippen LogP contribution in [0.4, 0.5) is 24.5 Å². The van der Waals surface area contributed by atoms with Crippen LogP contribution in [0.15, 0.2) is 47.4 Å². The summed E-state index contributed by atoms with van der Waals surface area (Å²) in [5.41, 5.74) is 0.939. The topological polar surface area (TPSA) is 52.7 Å². The molecule has 0 bridgehead atoms. The van der Waals surface area contributed by atoms with Gasteiger partial charge in [0.1, 0.15) is 0 Å². The molecule has 2 aromatic rings. The summed E-state index contributed by atoms with van der Waals surface area (Å²) in [5.74, 6) is -0.244. The molecule has 2 aliphatic rings. The van der Waals surface area contributed by atoms with E-state index in [1.807, 2.05) is 17.9 Å². The molecule has 1 fully saturated rings. The number of carbonyl (C=O) groups is 2. The monoisotopic (exact) mass is 435 g/mol. The van der Waals surface area contributed by atoms with Crippen molar-refractivity contribution in [3.63, 3.8) is 0 Å². The molecule has 2 aliphatic heterocycles. The van der Waals surface area contributed by atoms with Gasteiger partial charge in [0.15, 0.2) is 0 Å². The molecule has 0 unspecified atom stereocenters. The highest BCUT2D eigenvalue weighted by atomic mass is 32.2. The molecule has 9 heteroatoms. The first-order chi connectivity index (χ1) is 14.2. The summed E-state index contributed by atoms with van der Waals surface area (Å²) < 4.78 is 38.9. The van der Waals surface area contributed by atoms with Crippen LogP contribution in [-0.2, 0) is 11.0 Å². The van der Waals surface area contributed by atoms with Gasteiger partial charge in [0.05, 0.1) is 16.5 Å². The van der Waals surface area contributed by atoms with E-state index in [0.29, 0.717) is 43.1 Å². The van der Waals surface area contributed by atoms with E-state index in [0.717, 1.165) is 17.0 Å². The average Bonchev–Trinajstić information content (AvgIpc) is 2.73. The maximum Gasteiger partial charge on any atom is 0.416 e. The fourth-order valence-electron chi connectivity index (χ4n) is 3.57. The number of rotatable bonds is 2. The molecule has 0 aromatic heterocycles. The standard InChI is InChI=1S/C21H20F3N3O2S/c1-13-19(28)25-17-11-14(5-6-18(17)30-13)20(29)27-9-7-26(8-10-27)16-4-2-3-15(12-16)21(22,23)24/h2-6,11-13H,7-10H2,1H3,(H,25,28)/t13-/m1/s1. The van der Waals surface area contributed by atoms with Crippen LogP contribution in [0.1, 0.15) is 22.8 Å². The van der Waals surface area contributed by atoms with E-state index in [4.69, 9.17) is 0 Å². The number of amides is 2. The Balaban J connectivity index is 1.43. The van der Waals surface area contributed by atoms with Crippen molar-refractivity contribution in [2.45, 2.75) is 23.2 Å². The number of carbonyl (C=O) groups excluding carboxylic acids is 2. The van der Waals surface area contributed by atoms with Gasteiger partial charge in [-0.25, -0.2) is 0 Å². The minimum absolute atomic E-state index is 0.0909. The van der Waals surface area contributed by atoms with Gasteiger partial charge < -0.3 is 15.1 Å². The lowest BCUT2D eigenvalue weighted by molar-refractivity contribution is -0.137. The van der Waals surface area contributed by atoms with Crippen LogP contribution in [0.3, 0.4) is 0 Å². The van der Waals surface area contributed by atoms with Gasteiger partial charge >= 0.3 is 6.18 Å². The minimum Gasteiger partial charge on any atom is -0.368 e. The van der Waals surface area contributed by atoms with Crippen molar-refractivity contribution in [3.8, 4) is 0 Å². The Labute approximate surface area is 176 Å². The van der Waals surface area contributed by atoms with Gasteiger partial charge in [-0.3, -0.25) is 9.59 Å². The van der Waals surface area contributed by atoms with Crippen LogP contribution in [0.2, 0.25) is 0 Å². The van der Waals surface area contributed by atoms with Gasteiger partial charge in [-0.05, 0) is 43.3 Å². The normalized spacial score (nSPS) is 19.3. The van der Waals surface area contributed by atoms with Crippen LogP contribution < -0.4 is 10.2 Å². The van der Waals surface area contributed by atoms with Crippen LogP contribution in [0, 0.1) is 0 Å². The predicted molar refractivity (Wildman–Crippen MR) is 110 cm³/mol. The number of fused-ring (bicyclic) bond motifs is 1. The summed E-state index contributed by atoms with van der Waals surface area (Å²) in [7, 11) is 0. The van der Waals surface area contributed by atoms with Crippen molar-refractivity contribution in [3.05, 3.63) is 53.6 Å². The zero-order valence-corrected chi connectivity index (χ0v) is 17.0. The summed E-state index contributed by atoms with van der Waals surface area (Å²) in [4.78, 5) is 29.3. The number of halogens is 3. The Morgan fingerprint density at radius 1 is 1.10 bits per heavy atom. The van der Waals surface area contributed by atoms with Crippen molar-refractivity contribution in [1.29, 1.82) is 0 Å². The molecule has 2 heterocycles. The third-order valence-corrected chi connectivity index (χ3v) is 6.44. The van der Waals surface area contributed by atoms with Crippen LogP contribution >= 0.6 is 11.8 Å². The number of alkyl halides is 3. The molecule has 1 N–H and O–H groups in total. The van der Waals surface area contributed by atoms with Crippen molar-refractivity contribution in [2.75, 3.05) is 36.4 Å². The van der Waals surface area contributed by atoms with Crippen molar-refractivity contribution in [2.24, 2.45) is 0 Å². The van der Waals surface area contributed by atoms with E-state index < -0.39 is 11.7 Å². The zero-order valence-electron chi connectivity index (χ0n) is 16.2. The summed E-state index contributed by atoms with van der Waals surface area (Å²) in [6.07, 6.45) is -4.38. The lowest BCUT2D eigenvalue weighted by Crippen LogP contribution is -2.48. The van der Waals surface area contributed by atoms with Gasteiger partial charge in [0.2, 0.25) is 5.91 Å². The number of benzene rings is 2. The lowest BCUT2D eigenvalue weighted by Gasteiger charge is -2.36. The van der Waals surface area contributed by atoms with Gasteiger partial charge in [0.25, 0.3) is 5.91 Å². The molecule has 0 saturated carbocycles. The van der Waals surface area contributed by atoms with E-state index in [2.05, 4.69) is 5.32 Å². The third-order valence-electron chi connectivity index (χ3n) is 5.26. The number of nitrogens with zero attached hydrogens (tertiary/aromatic N) is 2. The molecule has 158 valence electrons. The molecule has 1 atom stereocenters. The van der Waals surface area contributed by atoms with Crippen LogP contribution in [0.5, 0.6) is 0 Å². The van der Waals surface area contributed by atoms with Gasteiger partial charge in [0, 0.05) is 42.3 Å². The van der Waals surface area contributed by atoms with Crippen LogP contribution in [0.25, 0.3) is 0 Å². The first kappa shape index (κ1) is 20.6. The predicted octanol–water partition coefficient (Wildman–Crippen LogP) is 4.10. The highest BCUT2D eigenvalue weighted by molar-refractivity contribution is 8.00. The number of anilines is 2. The maximum atomic E-state index is 13.0. The molecule has 0 spiro atoms. The Bertz CT molecular complexity index is 988. The van der Waals surface area contributed by atoms with Crippen molar-refractivity contribution < 1.29 is 22.8 Å². The lowest BCUT2D eigenvalue weighted by atomic mass is 10.1. The highest BCUT2D eigenvalue weighted by Crippen LogP contribution is 2.36. The smallest absolute Gasteiger partial charge is 0.368 e. The largest absolute Gasteiger partial charge is 0.416 e. The summed E-state index contributed by atoms with van der Waals surface area (Å²) >= 11 is 1.45. The van der Waals surface area contributed by atoms with E-state index in [1.54, 1.807) is 23.1 Å². The maximum absolute atomic E-state index is 13.0. The Kier molecular flexibility index (Phi) is 5.40. The van der Waals surface area contributed by atoms with Crippen molar-refractivity contribution in [1.82, 2.24) is 4.90 Å². The Morgan fingerprint density at radius 3 is 2.53 bits per heavy atom. The first-order valence-electron chi connectivity index (χ1n) is 9.55. The molecule has 1 saturated heterocycles. The zero-order chi connectivity index (χ0) is 21.5. The van der Waals surface area contributed by atoms with Crippen LogP contribution in [-0.4, -0.2) is 48.1 Å². The summed E-state index contributed by atoms with van der Waals surface area (Å²) in [6.45, 7) is 3.53. The van der Waals surface area contributed by atoms with Gasteiger partial charge in [-0.2, -0.15) is 13.2 Å². The van der Waals surface area contributed by atoms with Gasteiger partial charge in [-0.15, -0.1) is 11.8 Å². The van der Waals surface area contributed by atoms with E-state index >= 15 is 0 Å². The second kappa shape index (κ2) is 7.86. The fraction of sp³-hybridized carbons (Fsp3) is 0.333. The number of thioether (sulfide) groups is 1. The average molecular weight is 435 g/mol.